The number of dihydropyridines is 1. The van der Waals surface area contributed by atoms with Gasteiger partial charge >= 0.3 is 5.51 Å². The topological polar surface area (TPSA) is 69.1 Å². The van der Waals surface area contributed by atoms with Gasteiger partial charge in [0.25, 0.3) is 0 Å². The van der Waals surface area contributed by atoms with E-state index in [1.54, 1.807) is 17.3 Å². The number of thioether (sulfide) groups is 1. The van der Waals surface area contributed by atoms with Crippen LogP contribution in [0.25, 0.3) is 0 Å². The molecule has 12 heteroatoms. The lowest BCUT2D eigenvalue weighted by molar-refractivity contribution is -0.121. The second-order valence-corrected chi connectivity index (χ2v) is 9.33. The molecule has 1 amide bonds. The first kappa shape index (κ1) is 23.3. The Morgan fingerprint density at radius 1 is 1.40 bits per heavy atom. The molecule has 4 atom stereocenters. The Balaban J connectivity index is 1.45. The van der Waals surface area contributed by atoms with Crippen LogP contribution in [0.4, 0.5) is 13.2 Å². The van der Waals surface area contributed by atoms with Crippen molar-refractivity contribution in [2.45, 2.75) is 48.7 Å². The number of hydrogen-bond donors (Lipinski definition) is 2. The molecule has 0 aromatic carbocycles. The van der Waals surface area contributed by atoms with Crippen molar-refractivity contribution in [2.75, 3.05) is 13.1 Å². The van der Waals surface area contributed by atoms with Gasteiger partial charge in [0.05, 0.1) is 12.9 Å². The number of alkyl halides is 5. The average Bonchev–Trinajstić information content (AvgIpc) is 2.99. The van der Waals surface area contributed by atoms with Gasteiger partial charge in [-0.15, -0.1) is 0 Å². The zero-order valence-corrected chi connectivity index (χ0v) is 18.5. The van der Waals surface area contributed by atoms with Crippen molar-refractivity contribution in [2.24, 2.45) is 15.9 Å². The molecule has 2 N–H and O–H groups in total. The van der Waals surface area contributed by atoms with Crippen LogP contribution in [0.5, 0.6) is 0 Å². The summed E-state index contributed by atoms with van der Waals surface area (Å²) in [5.41, 5.74) is -4.54. The molecule has 30 heavy (non-hydrogen) atoms. The van der Waals surface area contributed by atoms with E-state index in [2.05, 4.69) is 20.6 Å². The predicted octanol–water partition coefficient (Wildman–Crippen LogP) is 3.79. The van der Waals surface area contributed by atoms with Crippen LogP contribution in [-0.4, -0.2) is 58.6 Å². The molecule has 0 fully saturated rings. The van der Waals surface area contributed by atoms with Gasteiger partial charge in [-0.2, -0.15) is 13.2 Å². The minimum absolute atomic E-state index is 0.0797. The lowest BCUT2D eigenvalue weighted by atomic mass is 9.96. The fourth-order valence-electron chi connectivity index (χ4n) is 3.45. The number of nitrogens with one attached hydrogen (secondary N) is 2. The summed E-state index contributed by atoms with van der Waals surface area (Å²) in [6.45, 7) is 2.56. The minimum atomic E-state index is -4.30. The molecule has 0 spiro atoms. The predicted molar refractivity (Wildman–Crippen MR) is 115 cm³/mol. The number of aliphatic imine (C=N–C) groups is 2. The number of hydrogen-bond acceptors (Lipinski definition) is 6. The highest BCUT2D eigenvalue weighted by atomic mass is 35.5. The van der Waals surface area contributed by atoms with E-state index in [1.165, 1.54) is 6.08 Å². The molecule has 166 valence electrons. The third-order valence-corrected chi connectivity index (χ3v) is 6.54. The molecule has 0 radical (unpaired) electrons. The number of allylic oxidation sites excluding steroid dienone is 3. The maximum absolute atomic E-state index is 12.4. The monoisotopic (exact) mass is 483 g/mol. The van der Waals surface area contributed by atoms with Crippen LogP contribution in [0.1, 0.15) is 26.2 Å². The summed E-state index contributed by atoms with van der Waals surface area (Å²) in [7, 11) is 0. The SMILES string of the molecule is CC1C[C@H](NC(=O)CCC2=CC=C(SC(F)(F)F)CN2)CN=C1N1C=NC(Cl)C1Cl. The van der Waals surface area contributed by atoms with Crippen LogP contribution in [0.3, 0.4) is 0 Å². The van der Waals surface area contributed by atoms with Crippen LogP contribution in [0.15, 0.2) is 32.7 Å². The van der Waals surface area contributed by atoms with E-state index in [1.807, 2.05) is 6.92 Å². The largest absolute Gasteiger partial charge is 0.446 e. The molecule has 0 saturated carbocycles. The van der Waals surface area contributed by atoms with Gasteiger partial charge in [-0.25, -0.2) is 0 Å². The molecule has 3 aliphatic heterocycles. The van der Waals surface area contributed by atoms with E-state index >= 15 is 0 Å². The van der Waals surface area contributed by atoms with E-state index in [0.29, 0.717) is 19.4 Å². The molecular weight excluding hydrogens is 462 g/mol. The van der Waals surface area contributed by atoms with Crippen molar-refractivity contribution in [3.63, 3.8) is 0 Å². The quantitative estimate of drug-likeness (QED) is 0.461. The van der Waals surface area contributed by atoms with E-state index in [4.69, 9.17) is 23.2 Å². The highest BCUT2D eigenvalue weighted by molar-refractivity contribution is 8.03. The summed E-state index contributed by atoms with van der Waals surface area (Å²) in [6, 6.07) is -0.0839. The zero-order valence-electron chi connectivity index (χ0n) is 16.1. The Kier molecular flexibility index (Phi) is 7.62. The second-order valence-electron chi connectivity index (χ2n) is 7.24. The fraction of sp³-hybridized carbons (Fsp3) is 0.611. The first-order chi connectivity index (χ1) is 14.1. The van der Waals surface area contributed by atoms with Gasteiger partial charge in [0.1, 0.15) is 11.3 Å². The summed E-state index contributed by atoms with van der Waals surface area (Å²) in [6.07, 6.45) is 6.02. The van der Waals surface area contributed by atoms with Crippen LogP contribution in [0.2, 0.25) is 0 Å². The third kappa shape index (κ3) is 6.31. The number of halogens is 5. The number of amides is 1. The van der Waals surface area contributed by atoms with Gasteiger partial charge in [0, 0.05) is 35.5 Å². The van der Waals surface area contributed by atoms with Gasteiger partial charge in [0.15, 0.2) is 5.50 Å². The average molecular weight is 484 g/mol. The summed E-state index contributed by atoms with van der Waals surface area (Å²) in [5.74, 6) is 0.770. The highest BCUT2D eigenvalue weighted by Crippen LogP contribution is 2.36. The standard InChI is InChI=1S/C18H22Cl2F3N5OS/c1-10-6-12(7-25-17(10)28-9-26-15(19)16(28)20)27-14(29)5-3-11-2-4-13(8-24-11)30-18(21,22)23/h2,4,9-10,12,15-16,24H,3,5-8H2,1H3,(H,27,29)/t10?,12-,15?,16?/m0/s1. The molecule has 0 bridgehead atoms. The summed E-state index contributed by atoms with van der Waals surface area (Å²) < 4.78 is 37.1. The Hall–Kier alpha value is -1.39. The summed E-state index contributed by atoms with van der Waals surface area (Å²) >= 11 is 12.1. The van der Waals surface area contributed by atoms with E-state index in [9.17, 15) is 18.0 Å². The molecule has 0 aromatic heterocycles. The first-order valence-electron chi connectivity index (χ1n) is 9.45. The Morgan fingerprint density at radius 3 is 2.73 bits per heavy atom. The number of rotatable bonds is 5. The van der Waals surface area contributed by atoms with Crippen LogP contribution < -0.4 is 10.6 Å². The summed E-state index contributed by atoms with van der Waals surface area (Å²) in [5, 5.41) is 5.91. The number of amidine groups is 1. The Bertz CT molecular complexity index is 786. The first-order valence-corrected chi connectivity index (χ1v) is 11.1. The third-order valence-electron chi connectivity index (χ3n) is 4.84. The van der Waals surface area contributed by atoms with Gasteiger partial charge in [-0.05, 0) is 36.8 Å². The van der Waals surface area contributed by atoms with E-state index in [0.717, 1.165) is 11.5 Å². The molecule has 6 nitrogen and oxygen atoms in total. The minimum Gasteiger partial charge on any atom is -0.384 e. The van der Waals surface area contributed by atoms with Crippen molar-refractivity contribution in [1.82, 2.24) is 15.5 Å². The Labute approximate surface area is 187 Å². The van der Waals surface area contributed by atoms with Crippen molar-refractivity contribution >= 4 is 53.0 Å². The maximum Gasteiger partial charge on any atom is 0.446 e. The van der Waals surface area contributed by atoms with E-state index in [-0.39, 0.29) is 47.5 Å². The van der Waals surface area contributed by atoms with Gasteiger partial charge in [0.2, 0.25) is 5.91 Å². The number of carbonyl (C=O) groups is 1. The lowest BCUT2D eigenvalue weighted by Gasteiger charge is -2.32. The fourth-order valence-corrected chi connectivity index (χ4v) is 4.41. The molecule has 3 aliphatic rings. The molecule has 3 rings (SSSR count). The van der Waals surface area contributed by atoms with Crippen molar-refractivity contribution < 1.29 is 18.0 Å². The smallest absolute Gasteiger partial charge is 0.384 e. The molecule has 0 saturated heterocycles. The molecule has 0 aromatic rings. The Morgan fingerprint density at radius 2 is 2.17 bits per heavy atom. The van der Waals surface area contributed by atoms with Gasteiger partial charge in [-0.1, -0.05) is 30.1 Å². The zero-order chi connectivity index (χ0) is 21.9. The molecule has 0 aliphatic carbocycles. The van der Waals surface area contributed by atoms with Gasteiger partial charge in [-0.3, -0.25) is 14.8 Å². The van der Waals surface area contributed by atoms with Crippen molar-refractivity contribution in [3.05, 3.63) is 22.8 Å². The van der Waals surface area contributed by atoms with Crippen LogP contribution in [0, 0.1) is 5.92 Å². The van der Waals surface area contributed by atoms with Crippen LogP contribution >= 0.6 is 35.0 Å². The molecule has 3 unspecified atom stereocenters. The van der Waals surface area contributed by atoms with Gasteiger partial charge < -0.3 is 15.5 Å². The maximum atomic E-state index is 12.4. The number of nitrogens with zero attached hydrogens (tertiary/aromatic N) is 3. The molecular formula is C18H22Cl2F3N5OS. The lowest BCUT2D eigenvalue weighted by Crippen LogP contribution is -2.47. The second kappa shape index (κ2) is 9.82. The summed E-state index contributed by atoms with van der Waals surface area (Å²) in [4.78, 5) is 22.9. The normalized spacial score (nSPS) is 29.1. The highest BCUT2D eigenvalue weighted by Gasteiger charge is 2.35. The number of carbonyl (C=O) groups excluding carboxylic acids is 1. The van der Waals surface area contributed by atoms with Crippen molar-refractivity contribution in [1.29, 1.82) is 0 Å². The van der Waals surface area contributed by atoms with E-state index < -0.39 is 16.5 Å². The van der Waals surface area contributed by atoms with Crippen molar-refractivity contribution in [3.8, 4) is 0 Å². The molecule has 3 heterocycles. The van der Waals surface area contributed by atoms with Crippen LogP contribution in [-0.2, 0) is 4.79 Å².